The molecule has 0 aliphatic carbocycles. The summed E-state index contributed by atoms with van der Waals surface area (Å²) in [4.78, 5) is 0. The van der Waals surface area contributed by atoms with Crippen LogP contribution in [0.5, 0.6) is 0 Å². The number of ether oxygens (including phenoxy) is 2. The van der Waals surface area contributed by atoms with Crippen molar-refractivity contribution >= 4 is 11.6 Å². The van der Waals surface area contributed by atoms with Gasteiger partial charge in [0.25, 0.3) is 0 Å². The molecule has 5 heteroatoms. The van der Waals surface area contributed by atoms with Gasteiger partial charge in [0, 0.05) is 18.3 Å². The molecule has 2 heterocycles. The minimum Gasteiger partial charge on any atom is -0.346 e. The molecule has 0 spiro atoms. The Balaban J connectivity index is 1.97. The van der Waals surface area contributed by atoms with Gasteiger partial charge in [0.05, 0.1) is 24.8 Å². The predicted octanol–water partition coefficient (Wildman–Crippen LogP) is 1.95. The van der Waals surface area contributed by atoms with Crippen molar-refractivity contribution in [2.45, 2.75) is 32.3 Å². The molecule has 0 N–H and O–H groups in total. The van der Waals surface area contributed by atoms with E-state index in [1.54, 1.807) is 6.20 Å². The molecule has 2 rings (SSSR count). The zero-order valence-corrected chi connectivity index (χ0v) is 9.48. The van der Waals surface area contributed by atoms with E-state index in [9.17, 15) is 0 Å². The molecule has 2 unspecified atom stereocenters. The predicted molar refractivity (Wildman–Crippen MR) is 56.8 cm³/mol. The monoisotopic (exact) mass is 230 g/mol. The third kappa shape index (κ3) is 2.51. The van der Waals surface area contributed by atoms with Crippen molar-refractivity contribution in [3.8, 4) is 0 Å². The van der Waals surface area contributed by atoms with Crippen molar-refractivity contribution in [2.24, 2.45) is 0 Å². The first-order valence-electron chi connectivity index (χ1n) is 5.19. The Bertz CT molecular complexity index is 316. The van der Waals surface area contributed by atoms with Crippen LogP contribution in [0.3, 0.4) is 0 Å². The number of aryl methyl sites for hydroxylation is 1. The molecule has 0 saturated carbocycles. The molecule has 4 nitrogen and oxygen atoms in total. The fraction of sp³-hybridized carbons (Fsp3) is 0.700. The van der Waals surface area contributed by atoms with E-state index in [1.807, 2.05) is 10.9 Å². The van der Waals surface area contributed by atoms with Crippen LogP contribution in [-0.2, 0) is 16.0 Å². The van der Waals surface area contributed by atoms with Crippen molar-refractivity contribution in [1.29, 1.82) is 0 Å². The van der Waals surface area contributed by atoms with E-state index in [1.165, 1.54) is 0 Å². The van der Waals surface area contributed by atoms with Gasteiger partial charge in [-0.3, -0.25) is 4.68 Å². The smallest absolute Gasteiger partial charge is 0.187 e. The van der Waals surface area contributed by atoms with E-state index in [-0.39, 0.29) is 12.4 Å². The first-order valence-corrected chi connectivity index (χ1v) is 5.72. The second kappa shape index (κ2) is 4.96. The van der Waals surface area contributed by atoms with Crippen molar-refractivity contribution in [2.75, 3.05) is 12.5 Å². The van der Waals surface area contributed by atoms with Crippen molar-refractivity contribution in [3.05, 3.63) is 18.0 Å². The zero-order valence-electron chi connectivity index (χ0n) is 8.73. The summed E-state index contributed by atoms with van der Waals surface area (Å²) in [5.74, 6) is 0.472. The SMILES string of the molecule is CCCn1cc(C2OCC(CCl)O2)cn1. The summed E-state index contributed by atoms with van der Waals surface area (Å²) in [6, 6.07) is 0. The van der Waals surface area contributed by atoms with E-state index in [4.69, 9.17) is 21.1 Å². The van der Waals surface area contributed by atoms with E-state index in [2.05, 4.69) is 12.0 Å². The van der Waals surface area contributed by atoms with Crippen LogP contribution < -0.4 is 0 Å². The van der Waals surface area contributed by atoms with Gasteiger partial charge < -0.3 is 9.47 Å². The van der Waals surface area contributed by atoms with Crippen LogP contribution in [-0.4, -0.2) is 28.4 Å². The molecule has 0 amide bonds. The minimum atomic E-state index is -0.292. The molecule has 0 bridgehead atoms. The summed E-state index contributed by atoms with van der Waals surface area (Å²) in [5, 5.41) is 4.23. The number of aromatic nitrogens is 2. The summed E-state index contributed by atoms with van der Waals surface area (Å²) in [7, 11) is 0. The lowest BCUT2D eigenvalue weighted by Gasteiger charge is -2.06. The fourth-order valence-corrected chi connectivity index (χ4v) is 1.72. The standard InChI is InChI=1S/C10H15ClN2O2/c1-2-3-13-6-8(5-12-13)10-14-7-9(4-11)15-10/h5-6,9-10H,2-4,7H2,1H3. The Morgan fingerprint density at radius 1 is 1.67 bits per heavy atom. The molecule has 1 aromatic rings. The highest BCUT2D eigenvalue weighted by Gasteiger charge is 2.27. The van der Waals surface area contributed by atoms with E-state index < -0.39 is 0 Å². The lowest BCUT2D eigenvalue weighted by atomic mass is 10.3. The van der Waals surface area contributed by atoms with Crippen LogP contribution >= 0.6 is 11.6 Å². The minimum absolute atomic E-state index is 0.00573. The van der Waals surface area contributed by atoms with Gasteiger partial charge in [-0.05, 0) is 6.42 Å². The normalized spacial score (nSPS) is 26.0. The second-order valence-corrected chi connectivity index (χ2v) is 3.92. The molecule has 0 radical (unpaired) electrons. The maximum Gasteiger partial charge on any atom is 0.187 e. The van der Waals surface area contributed by atoms with Crippen molar-refractivity contribution in [3.63, 3.8) is 0 Å². The fourth-order valence-electron chi connectivity index (χ4n) is 1.56. The average molecular weight is 231 g/mol. The van der Waals surface area contributed by atoms with E-state index in [0.29, 0.717) is 12.5 Å². The molecule has 1 aliphatic rings. The highest BCUT2D eigenvalue weighted by atomic mass is 35.5. The Morgan fingerprint density at radius 3 is 3.20 bits per heavy atom. The molecule has 1 aliphatic heterocycles. The second-order valence-electron chi connectivity index (χ2n) is 3.61. The van der Waals surface area contributed by atoms with Gasteiger partial charge in [-0.1, -0.05) is 6.92 Å². The van der Waals surface area contributed by atoms with Gasteiger partial charge in [0.15, 0.2) is 6.29 Å². The van der Waals surface area contributed by atoms with Crippen molar-refractivity contribution < 1.29 is 9.47 Å². The third-order valence-electron chi connectivity index (χ3n) is 2.30. The molecule has 84 valence electrons. The number of hydrogen-bond donors (Lipinski definition) is 0. The highest BCUT2D eigenvalue weighted by molar-refractivity contribution is 6.18. The summed E-state index contributed by atoms with van der Waals surface area (Å²) in [6.07, 6.45) is 4.53. The molecular formula is C10H15ClN2O2. The number of nitrogens with zero attached hydrogens (tertiary/aromatic N) is 2. The first kappa shape index (κ1) is 10.9. The molecule has 15 heavy (non-hydrogen) atoms. The Morgan fingerprint density at radius 2 is 2.53 bits per heavy atom. The summed E-state index contributed by atoms with van der Waals surface area (Å²) >= 11 is 5.69. The maximum absolute atomic E-state index is 5.69. The number of rotatable bonds is 4. The summed E-state index contributed by atoms with van der Waals surface area (Å²) in [6.45, 7) is 3.60. The molecule has 1 aromatic heterocycles. The van der Waals surface area contributed by atoms with Gasteiger partial charge in [0.2, 0.25) is 0 Å². The van der Waals surface area contributed by atoms with Gasteiger partial charge in [-0.15, -0.1) is 11.6 Å². The summed E-state index contributed by atoms with van der Waals surface area (Å²) in [5.41, 5.74) is 0.969. The van der Waals surface area contributed by atoms with Crippen LogP contribution in [0.15, 0.2) is 12.4 Å². The van der Waals surface area contributed by atoms with Gasteiger partial charge in [-0.2, -0.15) is 5.10 Å². The van der Waals surface area contributed by atoms with Crippen LogP contribution in [0.2, 0.25) is 0 Å². The van der Waals surface area contributed by atoms with E-state index >= 15 is 0 Å². The lowest BCUT2D eigenvalue weighted by molar-refractivity contribution is -0.0567. The Hall–Kier alpha value is -0.580. The van der Waals surface area contributed by atoms with Crippen LogP contribution in [0, 0.1) is 0 Å². The lowest BCUT2D eigenvalue weighted by Crippen LogP contribution is -2.10. The zero-order chi connectivity index (χ0) is 10.7. The number of hydrogen-bond acceptors (Lipinski definition) is 3. The molecule has 1 fully saturated rings. The van der Waals surface area contributed by atoms with Crippen molar-refractivity contribution in [1.82, 2.24) is 9.78 Å². The Labute approximate surface area is 94.1 Å². The number of alkyl halides is 1. The molecule has 1 saturated heterocycles. The van der Waals surface area contributed by atoms with Crippen LogP contribution in [0.1, 0.15) is 25.2 Å². The average Bonchev–Trinajstić information content (AvgIpc) is 2.85. The van der Waals surface area contributed by atoms with Gasteiger partial charge in [0.1, 0.15) is 0 Å². The molecular weight excluding hydrogens is 216 g/mol. The quantitative estimate of drug-likeness (QED) is 0.742. The van der Waals surface area contributed by atoms with E-state index in [0.717, 1.165) is 18.5 Å². The van der Waals surface area contributed by atoms with Crippen LogP contribution in [0.25, 0.3) is 0 Å². The first-order chi connectivity index (χ1) is 7.33. The third-order valence-corrected chi connectivity index (χ3v) is 2.64. The Kier molecular flexibility index (Phi) is 3.61. The molecule has 0 aromatic carbocycles. The topological polar surface area (TPSA) is 36.3 Å². The maximum atomic E-state index is 5.69. The number of halogens is 1. The highest BCUT2D eigenvalue weighted by Crippen LogP contribution is 2.26. The summed E-state index contributed by atoms with van der Waals surface area (Å²) < 4.78 is 13.0. The largest absolute Gasteiger partial charge is 0.346 e. The van der Waals surface area contributed by atoms with Crippen LogP contribution in [0.4, 0.5) is 0 Å². The van der Waals surface area contributed by atoms with Gasteiger partial charge in [-0.25, -0.2) is 0 Å². The molecule has 2 atom stereocenters. The van der Waals surface area contributed by atoms with Gasteiger partial charge >= 0.3 is 0 Å².